The lowest BCUT2D eigenvalue weighted by atomic mass is 10.1. The van der Waals surface area contributed by atoms with Gasteiger partial charge in [0.05, 0.1) is 0 Å². The number of nitrogens with one attached hydrogen (secondary N) is 2. The van der Waals surface area contributed by atoms with Gasteiger partial charge in [0.25, 0.3) is 0 Å². The van der Waals surface area contributed by atoms with Crippen molar-refractivity contribution in [2.45, 2.75) is 32.2 Å². The van der Waals surface area contributed by atoms with Gasteiger partial charge in [0, 0.05) is 24.6 Å². The van der Waals surface area contributed by atoms with Gasteiger partial charge in [0.1, 0.15) is 0 Å². The molecule has 1 aliphatic heterocycles. The van der Waals surface area contributed by atoms with Gasteiger partial charge in [-0.1, -0.05) is 30.3 Å². The van der Waals surface area contributed by atoms with E-state index in [2.05, 4.69) is 10.6 Å². The highest BCUT2D eigenvalue weighted by molar-refractivity contribution is 5.97. The number of amides is 2. The van der Waals surface area contributed by atoms with Gasteiger partial charge < -0.3 is 10.6 Å². The van der Waals surface area contributed by atoms with E-state index in [1.165, 1.54) is 0 Å². The first kappa shape index (κ1) is 14.3. The van der Waals surface area contributed by atoms with Crippen molar-refractivity contribution >= 4 is 17.9 Å². The van der Waals surface area contributed by atoms with E-state index in [-0.39, 0.29) is 17.9 Å². The van der Waals surface area contributed by atoms with Crippen LogP contribution in [0.15, 0.2) is 35.9 Å². The first-order valence-corrected chi connectivity index (χ1v) is 6.96. The standard InChI is InChI=1S/C16H20N2O2/c1-12(10-13-6-3-2-4-7-13)16(20)18-14-8-5-9-17-15(19)11-14/h2-4,6-7,10,14H,5,8-9,11H2,1H3,(H,17,19)(H,18,20). The van der Waals surface area contributed by atoms with Gasteiger partial charge in [-0.05, 0) is 31.4 Å². The third kappa shape index (κ3) is 4.23. The Morgan fingerprint density at radius 1 is 1.35 bits per heavy atom. The maximum atomic E-state index is 12.1. The fourth-order valence-electron chi connectivity index (χ4n) is 2.26. The average Bonchev–Trinajstić information content (AvgIpc) is 2.64. The summed E-state index contributed by atoms with van der Waals surface area (Å²) in [4.78, 5) is 23.6. The lowest BCUT2D eigenvalue weighted by molar-refractivity contribution is -0.121. The molecular formula is C16H20N2O2. The van der Waals surface area contributed by atoms with Crippen LogP contribution in [0.5, 0.6) is 0 Å². The SMILES string of the molecule is CC(=Cc1ccccc1)C(=O)NC1CCCNC(=O)C1. The van der Waals surface area contributed by atoms with E-state index in [1.54, 1.807) is 6.92 Å². The van der Waals surface area contributed by atoms with Crippen LogP contribution in [0.2, 0.25) is 0 Å². The van der Waals surface area contributed by atoms with Gasteiger partial charge in [0.15, 0.2) is 0 Å². The first-order chi connectivity index (χ1) is 9.65. The van der Waals surface area contributed by atoms with Gasteiger partial charge in [-0.3, -0.25) is 9.59 Å². The van der Waals surface area contributed by atoms with Crippen LogP contribution in [0.1, 0.15) is 31.7 Å². The largest absolute Gasteiger partial charge is 0.356 e. The Hall–Kier alpha value is -2.10. The van der Waals surface area contributed by atoms with Crippen LogP contribution in [0.3, 0.4) is 0 Å². The highest BCUT2D eigenvalue weighted by Crippen LogP contribution is 2.09. The summed E-state index contributed by atoms with van der Waals surface area (Å²) < 4.78 is 0. The molecule has 106 valence electrons. The number of carbonyl (C=O) groups excluding carboxylic acids is 2. The Balaban J connectivity index is 1.97. The van der Waals surface area contributed by atoms with E-state index in [4.69, 9.17) is 0 Å². The molecule has 1 unspecified atom stereocenters. The molecular weight excluding hydrogens is 252 g/mol. The van der Waals surface area contributed by atoms with Crippen LogP contribution in [-0.2, 0) is 9.59 Å². The molecule has 2 rings (SSSR count). The Kier molecular flexibility index (Phi) is 4.93. The summed E-state index contributed by atoms with van der Waals surface area (Å²) in [7, 11) is 0. The van der Waals surface area contributed by atoms with Gasteiger partial charge >= 0.3 is 0 Å². The summed E-state index contributed by atoms with van der Waals surface area (Å²) in [5.41, 5.74) is 1.65. The van der Waals surface area contributed by atoms with Crippen LogP contribution in [-0.4, -0.2) is 24.4 Å². The number of hydrogen-bond acceptors (Lipinski definition) is 2. The maximum absolute atomic E-state index is 12.1. The predicted octanol–water partition coefficient (Wildman–Crippen LogP) is 1.87. The molecule has 2 amide bonds. The highest BCUT2D eigenvalue weighted by atomic mass is 16.2. The molecule has 2 N–H and O–H groups in total. The second-order valence-electron chi connectivity index (χ2n) is 5.10. The summed E-state index contributed by atoms with van der Waals surface area (Å²) in [6.07, 6.45) is 3.96. The van der Waals surface area contributed by atoms with Crippen molar-refractivity contribution in [3.8, 4) is 0 Å². The maximum Gasteiger partial charge on any atom is 0.247 e. The van der Waals surface area contributed by atoms with Crippen molar-refractivity contribution in [1.82, 2.24) is 10.6 Å². The lowest BCUT2D eigenvalue weighted by Crippen LogP contribution is -2.37. The summed E-state index contributed by atoms with van der Waals surface area (Å²) in [5, 5.41) is 5.75. The molecule has 0 spiro atoms. The molecule has 1 saturated heterocycles. The van der Waals surface area contributed by atoms with Gasteiger partial charge in [-0.2, -0.15) is 0 Å². The third-order valence-electron chi connectivity index (χ3n) is 3.36. The number of benzene rings is 1. The normalized spacial score (nSPS) is 19.9. The molecule has 4 heteroatoms. The molecule has 0 aliphatic carbocycles. The summed E-state index contributed by atoms with van der Waals surface area (Å²) in [5.74, 6) is -0.0916. The zero-order valence-electron chi connectivity index (χ0n) is 11.7. The number of rotatable bonds is 3. The second kappa shape index (κ2) is 6.89. The quantitative estimate of drug-likeness (QED) is 0.825. The lowest BCUT2D eigenvalue weighted by Gasteiger charge is -2.15. The Morgan fingerprint density at radius 2 is 2.10 bits per heavy atom. The van der Waals surface area contributed by atoms with Gasteiger partial charge in [0.2, 0.25) is 11.8 Å². The summed E-state index contributed by atoms with van der Waals surface area (Å²) in [6.45, 7) is 2.49. The van der Waals surface area contributed by atoms with Crippen molar-refractivity contribution < 1.29 is 9.59 Å². The molecule has 1 fully saturated rings. The molecule has 0 aromatic heterocycles. The molecule has 4 nitrogen and oxygen atoms in total. The van der Waals surface area contributed by atoms with Crippen LogP contribution < -0.4 is 10.6 Å². The first-order valence-electron chi connectivity index (χ1n) is 6.96. The smallest absolute Gasteiger partial charge is 0.247 e. The van der Waals surface area contributed by atoms with E-state index in [0.717, 1.165) is 18.4 Å². The minimum atomic E-state index is -0.103. The van der Waals surface area contributed by atoms with Crippen molar-refractivity contribution in [2.24, 2.45) is 0 Å². The monoisotopic (exact) mass is 272 g/mol. The van der Waals surface area contributed by atoms with Crippen LogP contribution in [0, 0.1) is 0 Å². The molecule has 0 saturated carbocycles. The minimum absolute atomic E-state index is 0.0116. The number of carbonyl (C=O) groups is 2. The second-order valence-corrected chi connectivity index (χ2v) is 5.10. The molecule has 1 aliphatic rings. The fourth-order valence-corrected chi connectivity index (χ4v) is 2.26. The Bertz CT molecular complexity index is 508. The topological polar surface area (TPSA) is 58.2 Å². The molecule has 1 heterocycles. The fraction of sp³-hybridized carbons (Fsp3) is 0.375. The molecule has 0 bridgehead atoms. The van der Waals surface area contributed by atoms with Crippen LogP contribution in [0.4, 0.5) is 0 Å². The van der Waals surface area contributed by atoms with E-state index in [1.807, 2.05) is 36.4 Å². The van der Waals surface area contributed by atoms with E-state index >= 15 is 0 Å². The molecule has 1 aromatic carbocycles. The Morgan fingerprint density at radius 3 is 2.85 bits per heavy atom. The summed E-state index contributed by atoms with van der Waals surface area (Å²) >= 11 is 0. The van der Waals surface area contributed by atoms with Crippen LogP contribution >= 0.6 is 0 Å². The van der Waals surface area contributed by atoms with Crippen molar-refractivity contribution in [3.63, 3.8) is 0 Å². The highest BCUT2D eigenvalue weighted by Gasteiger charge is 2.19. The van der Waals surface area contributed by atoms with Gasteiger partial charge in [-0.25, -0.2) is 0 Å². The van der Waals surface area contributed by atoms with Crippen LogP contribution in [0.25, 0.3) is 6.08 Å². The minimum Gasteiger partial charge on any atom is -0.356 e. The molecule has 1 atom stereocenters. The van der Waals surface area contributed by atoms with Gasteiger partial charge in [-0.15, -0.1) is 0 Å². The molecule has 20 heavy (non-hydrogen) atoms. The summed E-state index contributed by atoms with van der Waals surface area (Å²) in [6, 6.07) is 9.66. The van der Waals surface area contributed by atoms with Crippen molar-refractivity contribution in [1.29, 1.82) is 0 Å². The zero-order chi connectivity index (χ0) is 14.4. The van der Waals surface area contributed by atoms with Crippen molar-refractivity contribution in [3.05, 3.63) is 41.5 Å². The van der Waals surface area contributed by atoms with E-state index < -0.39 is 0 Å². The number of hydrogen-bond donors (Lipinski definition) is 2. The molecule has 0 radical (unpaired) electrons. The third-order valence-corrected chi connectivity index (χ3v) is 3.36. The molecule has 1 aromatic rings. The van der Waals surface area contributed by atoms with E-state index in [9.17, 15) is 9.59 Å². The zero-order valence-corrected chi connectivity index (χ0v) is 11.7. The van der Waals surface area contributed by atoms with Crippen molar-refractivity contribution in [2.75, 3.05) is 6.54 Å². The van der Waals surface area contributed by atoms with E-state index in [0.29, 0.717) is 18.5 Å². The Labute approximate surface area is 119 Å². The average molecular weight is 272 g/mol. The predicted molar refractivity (Wildman–Crippen MR) is 78.9 cm³/mol.